The summed E-state index contributed by atoms with van der Waals surface area (Å²) in [4.78, 5) is 23.7. The molecule has 0 saturated carbocycles. The van der Waals surface area contributed by atoms with Gasteiger partial charge in [-0.1, -0.05) is 6.07 Å². The van der Waals surface area contributed by atoms with E-state index in [0.717, 1.165) is 4.90 Å². The zero-order valence-electron chi connectivity index (χ0n) is 10.5. The van der Waals surface area contributed by atoms with Crippen LogP contribution in [0, 0.1) is 0 Å². The second kappa shape index (κ2) is 6.05. The number of carbonyl (C=O) groups excluding carboxylic acids is 2. The normalized spacial score (nSPS) is 11.9. The lowest BCUT2D eigenvalue weighted by Crippen LogP contribution is -2.45. The molecule has 1 aromatic rings. The maximum absolute atomic E-state index is 11.8. The standard InChI is InChI=1S/C12H17N3O4/c1-15(6-11(14)18)12(19)8(13)4-7-2-3-9(16)10(17)5-7/h2-3,5,8,16-17H,4,6,13H2,1H3,(H2,14,18)/t8-/m0/s1. The Labute approximate surface area is 110 Å². The number of phenolic OH excluding ortho intramolecular Hbond substituents is 2. The van der Waals surface area contributed by atoms with Crippen LogP contribution in [-0.2, 0) is 16.0 Å². The van der Waals surface area contributed by atoms with Crippen LogP contribution in [0.15, 0.2) is 18.2 Å². The summed E-state index contributed by atoms with van der Waals surface area (Å²) < 4.78 is 0. The number of amides is 2. The molecule has 1 aromatic carbocycles. The van der Waals surface area contributed by atoms with Crippen LogP contribution in [-0.4, -0.2) is 46.6 Å². The molecule has 0 fully saturated rings. The van der Waals surface area contributed by atoms with E-state index in [-0.39, 0.29) is 24.5 Å². The number of hydrogen-bond donors (Lipinski definition) is 4. The predicted molar refractivity (Wildman–Crippen MR) is 68.3 cm³/mol. The van der Waals surface area contributed by atoms with Crippen molar-refractivity contribution in [1.82, 2.24) is 4.90 Å². The number of aromatic hydroxyl groups is 2. The Kier molecular flexibility index (Phi) is 4.71. The number of primary amides is 1. The molecule has 19 heavy (non-hydrogen) atoms. The third-order valence-corrected chi connectivity index (χ3v) is 2.58. The molecule has 0 aliphatic carbocycles. The van der Waals surface area contributed by atoms with Gasteiger partial charge >= 0.3 is 0 Å². The summed E-state index contributed by atoms with van der Waals surface area (Å²) >= 11 is 0. The molecule has 1 atom stereocenters. The topological polar surface area (TPSA) is 130 Å². The first-order chi connectivity index (χ1) is 8.81. The first-order valence-corrected chi connectivity index (χ1v) is 5.61. The summed E-state index contributed by atoms with van der Waals surface area (Å²) in [7, 11) is 1.43. The van der Waals surface area contributed by atoms with Gasteiger partial charge in [0.05, 0.1) is 12.6 Å². The third-order valence-electron chi connectivity index (χ3n) is 2.58. The summed E-state index contributed by atoms with van der Waals surface area (Å²) in [5, 5.41) is 18.5. The summed E-state index contributed by atoms with van der Waals surface area (Å²) in [6, 6.07) is 3.34. The smallest absolute Gasteiger partial charge is 0.240 e. The van der Waals surface area contributed by atoms with Crippen LogP contribution in [0.25, 0.3) is 0 Å². The van der Waals surface area contributed by atoms with E-state index >= 15 is 0 Å². The highest BCUT2D eigenvalue weighted by molar-refractivity contribution is 5.86. The van der Waals surface area contributed by atoms with Gasteiger partial charge in [-0.05, 0) is 24.1 Å². The van der Waals surface area contributed by atoms with Crippen molar-refractivity contribution < 1.29 is 19.8 Å². The quantitative estimate of drug-likeness (QED) is 0.504. The molecule has 0 bridgehead atoms. The molecule has 0 radical (unpaired) electrons. The number of nitrogens with zero attached hydrogens (tertiary/aromatic N) is 1. The fourth-order valence-electron chi connectivity index (χ4n) is 1.63. The van der Waals surface area contributed by atoms with E-state index in [2.05, 4.69) is 0 Å². The highest BCUT2D eigenvalue weighted by Crippen LogP contribution is 2.25. The average Bonchev–Trinajstić information content (AvgIpc) is 2.32. The van der Waals surface area contributed by atoms with Gasteiger partial charge in [0, 0.05) is 7.05 Å². The minimum Gasteiger partial charge on any atom is -0.504 e. The fourth-order valence-corrected chi connectivity index (χ4v) is 1.63. The zero-order chi connectivity index (χ0) is 14.6. The summed E-state index contributed by atoms with van der Waals surface area (Å²) in [5.74, 6) is -1.56. The highest BCUT2D eigenvalue weighted by Gasteiger charge is 2.19. The average molecular weight is 267 g/mol. The Hall–Kier alpha value is -2.28. The molecule has 104 valence electrons. The lowest BCUT2D eigenvalue weighted by Gasteiger charge is -2.20. The second-order valence-electron chi connectivity index (χ2n) is 4.29. The van der Waals surface area contributed by atoms with Crippen LogP contribution in [0.3, 0.4) is 0 Å². The lowest BCUT2D eigenvalue weighted by molar-refractivity contribution is -0.134. The number of hydrogen-bond acceptors (Lipinski definition) is 5. The molecule has 1 rings (SSSR count). The molecule has 0 aliphatic heterocycles. The summed E-state index contributed by atoms with van der Waals surface area (Å²) in [6.07, 6.45) is 0.176. The third kappa shape index (κ3) is 4.14. The van der Waals surface area contributed by atoms with Crippen LogP contribution in [0.5, 0.6) is 11.5 Å². The Balaban J connectivity index is 2.68. The van der Waals surface area contributed by atoms with Gasteiger partial charge in [0.1, 0.15) is 0 Å². The van der Waals surface area contributed by atoms with Crippen LogP contribution >= 0.6 is 0 Å². The SMILES string of the molecule is CN(CC(N)=O)C(=O)[C@@H](N)Cc1ccc(O)c(O)c1. The van der Waals surface area contributed by atoms with Crippen molar-refractivity contribution in [3.05, 3.63) is 23.8 Å². The van der Waals surface area contributed by atoms with Gasteiger partial charge in [-0.3, -0.25) is 9.59 Å². The van der Waals surface area contributed by atoms with Crippen LogP contribution in [0.4, 0.5) is 0 Å². The molecule has 0 spiro atoms. The van der Waals surface area contributed by atoms with Crippen LogP contribution in [0.2, 0.25) is 0 Å². The van der Waals surface area contributed by atoms with E-state index in [4.69, 9.17) is 16.6 Å². The number of phenols is 2. The Morgan fingerprint density at radius 3 is 2.47 bits per heavy atom. The number of nitrogens with two attached hydrogens (primary N) is 2. The fraction of sp³-hybridized carbons (Fsp3) is 0.333. The first-order valence-electron chi connectivity index (χ1n) is 5.61. The molecule has 0 unspecified atom stereocenters. The number of carbonyl (C=O) groups is 2. The maximum Gasteiger partial charge on any atom is 0.240 e. The van der Waals surface area contributed by atoms with Crippen molar-refractivity contribution in [3.63, 3.8) is 0 Å². The Bertz CT molecular complexity index is 490. The van der Waals surface area contributed by atoms with E-state index in [1.165, 1.54) is 19.2 Å². The molecule has 0 aliphatic rings. The van der Waals surface area contributed by atoms with E-state index in [0.29, 0.717) is 5.56 Å². The van der Waals surface area contributed by atoms with Crippen molar-refractivity contribution in [1.29, 1.82) is 0 Å². The summed E-state index contributed by atoms with van der Waals surface area (Å²) in [6.45, 7) is -0.201. The van der Waals surface area contributed by atoms with Gasteiger partial charge in [-0.25, -0.2) is 0 Å². The van der Waals surface area contributed by atoms with Crippen molar-refractivity contribution in [2.45, 2.75) is 12.5 Å². The van der Waals surface area contributed by atoms with Crippen LogP contribution in [0.1, 0.15) is 5.56 Å². The van der Waals surface area contributed by atoms with E-state index < -0.39 is 17.9 Å². The molecular formula is C12H17N3O4. The molecule has 7 heteroatoms. The van der Waals surface area contributed by atoms with Gasteiger partial charge < -0.3 is 26.6 Å². The molecular weight excluding hydrogens is 250 g/mol. The molecule has 0 heterocycles. The van der Waals surface area contributed by atoms with Crippen molar-refractivity contribution in [2.24, 2.45) is 11.5 Å². The number of benzene rings is 1. The lowest BCUT2D eigenvalue weighted by atomic mass is 10.0. The minimum absolute atomic E-state index is 0.176. The first kappa shape index (κ1) is 14.8. The maximum atomic E-state index is 11.8. The molecule has 7 nitrogen and oxygen atoms in total. The van der Waals surface area contributed by atoms with Crippen molar-refractivity contribution >= 4 is 11.8 Å². The van der Waals surface area contributed by atoms with Gasteiger partial charge in [0.2, 0.25) is 11.8 Å². The number of likely N-dealkylation sites (N-methyl/N-ethyl adjacent to an activating group) is 1. The highest BCUT2D eigenvalue weighted by atomic mass is 16.3. The van der Waals surface area contributed by atoms with Crippen molar-refractivity contribution in [3.8, 4) is 11.5 Å². The molecule has 0 aromatic heterocycles. The molecule has 2 amide bonds. The summed E-state index contributed by atoms with van der Waals surface area (Å²) in [5.41, 5.74) is 11.3. The van der Waals surface area contributed by atoms with E-state index in [9.17, 15) is 14.7 Å². The molecule has 0 saturated heterocycles. The Morgan fingerprint density at radius 2 is 1.95 bits per heavy atom. The van der Waals surface area contributed by atoms with E-state index in [1.807, 2.05) is 0 Å². The number of rotatable bonds is 5. The minimum atomic E-state index is -0.853. The van der Waals surface area contributed by atoms with E-state index in [1.54, 1.807) is 6.07 Å². The van der Waals surface area contributed by atoms with Gasteiger partial charge in [0.25, 0.3) is 0 Å². The van der Waals surface area contributed by atoms with Gasteiger partial charge in [-0.15, -0.1) is 0 Å². The monoisotopic (exact) mass is 267 g/mol. The van der Waals surface area contributed by atoms with Gasteiger partial charge in [0.15, 0.2) is 11.5 Å². The van der Waals surface area contributed by atoms with Gasteiger partial charge in [-0.2, -0.15) is 0 Å². The zero-order valence-corrected chi connectivity index (χ0v) is 10.5. The van der Waals surface area contributed by atoms with Crippen LogP contribution < -0.4 is 11.5 Å². The molecule has 6 N–H and O–H groups in total. The second-order valence-corrected chi connectivity index (χ2v) is 4.29. The largest absolute Gasteiger partial charge is 0.504 e. The predicted octanol–water partition coefficient (Wildman–Crippen LogP) is -1.09. The van der Waals surface area contributed by atoms with Crippen molar-refractivity contribution in [2.75, 3.05) is 13.6 Å². The Morgan fingerprint density at radius 1 is 1.32 bits per heavy atom.